The zero-order valence-corrected chi connectivity index (χ0v) is 10.9. The number of fused-ring (bicyclic) bond motifs is 1. The first-order valence-electron chi connectivity index (χ1n) is 6.23. The standard InChI is InChI=1S/C16H13FN2O/c1-10-8-11-4-2-3-5-14(11)19-16(10)20-15-9-12(17)6-7-13(15)18/h2-9H,18H2,1H3. The van der Waals surface area contributed by atoms with Gasteiger partial charge in [-0.25, -0.2) is 9.37 Å². The highest BCUT2D eigenvalue weighted by Crippen LogP contribution is 2.30. The van der Waals surface area contributed by atoms with E-state index in [0.29, 0.717) is 11.6 Å². The number of benzene rings is 2. The summed E-state index contributed by atoms with van der Waals surface area (Å²) in [6, 6.07) is 13.7. The van der Waals surface area contributed by atoms with E-state index in [1.165, 1.54) is 18.2 Å². The van der Waals surface area contributed by atoms with Crippen molar-refractivity contribution in [3.05, 3.63) is 59.9 Å². The lowest BCUT2D eigenvalue weighted by atomic mass is 10.2. The molecule has 0 aliphatic rings. The second-order valence-corrected chi connectivity index (χ2v) is 4.59. The van der Waals surface area contributed by atoms with E-state index in [-0.39, 0.29) is 5.75 Å². The van der Waals surface area contributed by atoms with Gasteiger partial charge in [-0.2, -0.15) is 0 Å². The Bertz CT molecular complexity index is 787. The largest absolute Gasteiger partial charge is 0.436 e. The lowest BCUT2D eigenvalue weighted by Crippen LogP contribution is -1.96. The minimum absolute atomic E-state index is 0.274. The van der Waals surface area contributed by atoms with Crippen LogP contribution in [0.3, 0.4) is 0 Å². The molecule has 4 heteroatoms. The van der Waals surface area contributed by atoms with Crippen molar-refractivity contribution in [1.82, 2.24) is 4.98 Å². The predicted molar refractivity (Wildman–Crippen MR) is 77.4 cm³/mol. The van der Waals surface area contributed by atoms with Crippen LogP contribution >= 0.6 is 0 Å². The lowest BCUT2D eigenvalue weighted by Gasteiger charge is -2.11. The number of aryl methyl sites for hydroxylation is 1. The molecule has 0 fully saturated rings. The van der Waals surface area contributed by atoms with Crippen molar-refractivity contribution in [3.8, 4) is 11.6 Å². The summed E-state index contributed by atoms with van der Waals surface area (Å²) in [5.41, 5.74) is 7.85. The van der Waals surface area contributed by atoms with Crippen molar-refractivity contribution in [2.75, 3.05) is 5.73 Å². The Labute approximate surface area is 115 Å². The molecule has 0 radical (unpaired) electrons. The monoisotopic (exact) mass is 268 g/mol. The average Bonchev–Trinajstić information content (AvgIpc) is 2.43. The molecule has 1 heterocycles. The maximum atomic E-state index is 13.2. The number of nitrogen functional groups attached to an aromatic ring is 1. The van der Waals surface area contributed by atoms with Crippen molar-refractivity contribution in [1.29, 1.82) is 0 Å². The van der Waals surface area contributed by atoms with Gasteiger partial charge in [-0.15, -0.1) is 0 Å². The molecule has 20 heavy (non-hydrogen) atoms. The van der Waals surface area contributed by atoms with Crippen molar-refractivity contribution in [3.63, 3.8) is 0 Å². The number of rotatable bonds is 2. The highest BCUT2D eigenvalue weighted by Gasteiger charge is 2.09. The summed E-state index contributed by atoms with van der Waals surface area (Å²) < 4.78 is 18.9. The number of pyridine rings is 1. The molecule has 0 amide bonds. The van der Waals surface area contributed by atoms with E-state index in [1.54, 1.807) is 0 Å². The number of aromatic nitrogens is 1. The minimum Gasteiger partial charge on any atom is -0.436 e. The van der Waals surface area contributed by atoms with Crippen LogP contribution in [0.2, 0.25) is 0 Å². The fourth-order valence-corrected chi connectivity index (χ4v) is 2.01. The Balaban J connectivity index is 2.06. The fraction of sp³-hybridized carbons (Fsp3) is 0.0625. The summed E-state index contributed by atoms with van der Waals surface area (Å²) >= 11 is 0. The van der Waals surface area contributed by atoms with Gasteiger partial charge in [0, 0.05) is 17.0 Å². The number of nitrogens with zero attached hydrogens (tertiary/aromatic N) is 1. The molecule has 0 bridgehead atoms. The Morgan fingerprint density at radius 2 is 1.90 bits per heavy atom. The molecule has 3 aromatic rings. The van der Waals surface area contributed by atoms with Gasteiger partial charge < -0.3 is 10.5 Å². The molecule has 0 aliphatic heterocycles. The highest BCUT2D eigenvalue weighted by molar-refractivity contribution is 5.80. The van der Waals surface area contributed by atoms with Crippen LogP contribution < -0.4 is 10.5 Å². The van der Waals surface area contributed by atoms with Crippen LogP contribution in [0.4, 0.5) is 10.1 Å². The summed E-state index contributed by atoms with van der Waals surface area (Å²) in [5.74, 6) is 0.310. The molecule has 0 saturated carbocycles. The zero-order chi connectivity index (χ0) is 14.1. The van der Waals surface area contributed by atoms with Gasteiger partial charge in [0.25, 0.3) is 0 Å². The van der Waals surface area contributed by atoms with Crippen LogP contribution in [0.25, 0.3) is 10.9 Å². The van der Waals surface area contributed by atoms with Crippen molar-refractivity contribution in [2.24, 2.45) is 0 Å². The van der Waals surface area contributed by atoms with Crippen LogP contribution in [0, 0.1) is 12.7 Å². The predicted octanol–water partition coefficient (Wildman–Crippen LogP) is 4.06. The Kier molecular flexibility index (Phi) is 2.99. The van der Waals surface area contributed by atoms with Gasteiger partial charge in [-0.3, -0.25) is 0 Å². The zero-order valence-electron chi connectivity index (χ0n) is 10.9. The van der Waals surface area contributed by atoms with E-state index in [1.807, 2.05) is 37.3 Å². The molecular weight excluding hydrogens is 255 g/mol. The molecule has 3 rings (SSSR count). The van der Waals surface area contributed by atoms with E-state index in [2.05, 4.69) is 4.98 Å². The summed E-state index contributed by atoms with van der Waals surface area (Å²) in [4.78, 5) is 4.44. The molecule has 2 aromatic carbocycles. The molecule has 0 unspecified atom stereocenters. The Morgan fingerprint density at radius 3 is 2.75 bits per heavy atom. The van der Waals surface area contributed by atoms with Crippen molar-refractivity contribution in [2.45, 2.75) is 6.92 Å². The third-order valence-electron chi connectivity index (χ3n) is 3.05. The molecule has 0 atom stereocenters. The SMILES string of the molecule is Cc1cc2ccccc2nc1Oc1cc(F)ccc1N. The van der Waals surface area contributed by atoms with Gasteiger partial charge in [0.15, 0.2) is 5.75 Å². The molecular formula is C16H13FN2O. The number of halogens is 1. The summed E-state index contributed by atoms with van der Waals surface area (Å²) in [6.45, 7) is 1.89. The molecule has 0 aliphatic carbocycles. The van der Waals surface area contributed by atoms with Gasteiger partial charge >= 0.3 is 0 Å². The quantitative estimate of drug-likeness (QED) is 0.713. The molecule has 0 spiro atoms. The first-order chi connectivity index (χ1) is 9.63. The molecule has 0 saturated heterocycles. The maximum Gasteiger partial charge on any atom is 0.222 e. The van der Waals surface area contributed by atoms with E-state index in [4.69, 9.17) is 10.5 Å². The van der Waals surface area contributed by atoms with Gasteiger partial charge in [0.2, 0.25) is 5.88 Å². The molecule has 1 aromatic heterocycles. The van der Waals surface area contributed by atoms with Crippen LogP contribution in [0.5, 0.6) is 11.6 Å². The normalized spacial score (nSPS) is 10.7. The lowest BCUT2D eigenvalue weighted by molar-refractivity contribution is 0.458. The number of hydrogen-bond donors (Lipinski definition) is 1. The summed E-state index contributed by atoms with van der Waals surface area (Å²) in [5, 5.41) is 1.03. The fourth-order valence-electron chi connectivity index (χ4n) is 2.01. The summed E-state index contributed by atoms with van der Waals surface area (Å²) in [7, 11) is 0. The van der Waals surface area contributed by atoms with Crippen LogP contribution in [0.1, 0.15) is 5.56 Å². The van der Waals surface area contributed by atoms with Crippen LogP contribution in [0.15, 0.2) is 48.5 Å². The van der Waals surface area contributed by atoms with Gasteiger partial charge in [0.05, 0.1) is 11.2 Å². The second kappa shape index (κ2) is 4.81. The van der Waals surface area contributed by atoms with Crippen molar-refractivity contribution < 1.29 is 9.13 Å². The summed E-state index contributed by atoms with van der Waals surface area (Å²) in [6.07, 6.45) is 0. The second-order valence-electron chi connectivity index (χ2n) is 4.59. The number of para-hydroxylation sites is 1. The van der Waals surface area contributed by atoms with E-state index < -0.39 is 5.82 Å². The number of nitrogens with two attached hydrogens (primary N) is 1. The number of ether oxygens (including phenoxy) is 1. The Hall–Kier alpha value is -2.62. The van der Waals surface area contributed by atoms with Gasteiger partial charge in [-0.1, -0.05) is 18.2 Å². The van der Waals surface area contributed by atoms with Crippen LogP contribution in [-0.2, 0) is 0 Å². The number of hydrogen-bond acceptors (Lipinski definition) is 3. The molecule has 2 N–H and O–H groups in total. The maximum absolute atomic E-state index is 13.2. The third kappa shape index (κ3) is 2.28. The van der Waals surface area contributed by atoms with Crippen molar-refractivity contribution >= 4 is 16.6 Å². The van der Waals surface area contributed by atoms with Crippen LogP contribution in [-0.4, -0.2) is 4.98 Å². The van der Waals surface area contributed by atoms with E-state index in [9.17, 15) is 4.39 Å². The van der Waals surface area contributed by atoms with E-state index >= 15 is 0 Å². The van der Waals surface area contributed by atoms with Gasteiger partial charge in [0.1, 0.15) is 5.82 Å². The van der Waals surface area contributed by atoms with Gasteiger partial charge in [-0.05, 0) is 31.2 Å². The smallest absolute Gasteiger partial charge is 0.222 e. The topological polar surface area (TPSA) is 48.1 Å². The first-order valence-corrected chi connectivity index (χ1v) is 6.23. The number of anilines is 1. The third-order valence-corrected chi connectivity index (χ3v) is 3.05. The minimum atomic E-state index is -0.396. The Morgan fingerprint density at radius 1 is 1.10 bits per heavy atom. The average molecular weight is 268 g/mol. The molecule has 3 nitrogen and oxygen atoms in total. The molecule has 100 valence electrons. The highest BCUT2D eigenvalue weighted by atomic mass is 19.1. The van der Waals surface area contributed by atoms with E-state index in [0.717, 1.165) is 16.5 Å². The first kappa shape index (κ1) is 12.4.